The predicted molar refractivity (Wildman–Crippen MR) is 158 cm³/mol. The summed E-state index contributed by atoms with van der Waals surface area (Å²) in [6.07, 6.45) is 6.89. The summed E-state index contributed by atoms with van der Waals surface area (Å²) in [7, 11) is 1.50. The number of hydrogen-bond donors (Lipinski definition) is 3. The number of anilines is 3. The molecule has 3 aromatic carbocycles. The predicted octanol–water partition coefficient (Wildman–Crippen LogP) is 6.56. The molecule has 0 radical (unpaired) electrons. The maximum atomic E-state index is 11.7. The van der Waals surface area contributed by atoms with E-state index in [9.17, 15) is 4.79 Å². The van der Waals surface area contributed by atoms with Gasteiger partial charge >= 0.3 is 5.97 Å². The van der Waals surface area contributed by atoms with E-state index < -0.39 is 5.97 Å². The summed E-state index contributed by atoms with van der Waals surface area (Å²) >= 11 is 0. The van der Waals surface area contributed by atoms with Gasteiger partial charge in [0.15, 0.2) is 17.3 Å². The van der Waals surface area contributed by atoms with Crippen molar-refractivity contribution in [3.05, 3.63) is 102 Å². The van der Waals surface area contributed by atoms with Gasteiger partial charge in [0.1, 0.15) is 5.82 Å². The quantitative estimate of drug-likeness (QED) is 0.0752. The van der Waals surface area contributed by atoms with Crippen LogP contribution in [0.1, 0.15) is 30.8 Å². The van der Waals surface area contributed by atoms with Gasteiger partial charge in [-0.25, -0.2) is 9.97 Å². The van der Waals surface area contributed by atoms with Crippen LogP contribution in [0.25, 0.3) is 22.0 Å². The molecule has 0 aliphatic heterocycles. The van der Waals surface area contributed by atoms with Gasteiger partial charge in [0.25, 0.3) is 0 Å². The molecular formula is C31H29N5O3. The number of allylic oxidation sites excluding steroid dienone is 5. The molecule has 0 atom stereocenters. The minimum absolute atomic E-state index is 0.249. The third-order valence-corrected chi connectivity index (χ3v) is 5.95. The van der Waals surface area contributed by atoms with Crippen molar-refractivity contribution in [2.75, 3.05) is 18.2 Å². The Labute approximate surface area is 227 Å². The first kappa shape index (κ1) is 26.8. The van der Waals surface area contributed by atoms with Crippen molar-refractivity contribution >= 4 is 51.4 Å². The van der Waals surface area contributed by atoms with Crippen LogP contribution >= 0.6 is 0 Å². The molecule has 4 rings (SSSR count). The Balaban J connectivity index is 1.92. The average Bonchev–Trinajstić information content (AvgIpc) is 2.94. The van der Waals surface area contributed by atoms with Gasteiger partial charge in [-0.1, -0.05) is 49.1 Å². The van der Waals surface area contributed by atoms with Gasteiger partial charge < -0.3 is 25.9 Å². The lowest BCUT2D eigenvalue weighted by atomic mass is 10.0. The Kier molecular flexibility index (Phi) is 8.16. The number of fused-ring (bicyclic) bond motifs is 1. The maximum absolute atomic E-state index is 11.7. The molecule has 0 spiro atoms. The zero-order valence-electron chi connectivity index (χ0n) is 22.0. The molecule has 0 bridgehead atoms. The number of carbonyl (C=O) groups is 1. The second-order valence-corrected chi connectivity index (χ2v) is 8.54. The molecule has 0 aliphatic rings. The van der Waals surface area contributed by atoms with Gasteiger partial charge in [0, 0.05) is 47.1 Å². The fourth-order valence-corrected chi connectivity index (χ4v) is 4.00. The summed E-state index contributed by atoms with van der Waals surface area (Å²) in [6.45, 7) is 7.23. The lowest BCUT2D eigenvalue weighted by molar-refractivity contribution is -0.132. The molecule has 196 valence electrons. The average molecular weight is 520 g/mol. The first-order chi connectivity index (χ1) is 18.9. The number of aromatic nitrogens is 2. The fraction of sp³-hybridized carbons (Fsp3) is 0.0968. The van der Waals surface area contributed by atoms with Crippen LogP contribution in [0.5, 0.6) is 11.5 Å². The summed E-state index contributed by atoms with van der Waals surface area (Å²) in [5, 5.41) is 11.6. The van der Waals surface area contributed by atoms with E-state index in [1.54, 1.807) is 36.4 Å². The van der Waals surface area contributed by atoms with E-state index in [0.29, 0.717) is 45.2 Å². The number of esters is 1. The minimum Gasteiger partial charge on any atom is -0.493 e. The van der Waals surface area contributed by atoms with Gasteiger partial charge in [0.2, 0.25) is 0 Å². The molecule has 0 aliphatic carbocycles. The molecule has 0 amide bonds. The van der Waals surface area contributed by atoms with Crippen molar-refractivity contribution in [2.24, 2.45) is 0 Å². The van der Waals surface area contributed by atoms with Gasteiger partial charge in [-0.3, -0.25) is 4.79 Å². The van der Waals surface area contributed by atoms with E-state index >= 15 is 0 Å². The van der Waals surface area contributed by atoms with Crippen LogP contribution in [0.3, 0.4) is 0 Å². The number of nitrogen functional groups attached to an aromatic ring is 1. The first-order valence-corrected chi connectivity index (χ1v) is 12.2. The van der Waals surface area contributed by atoms with Crippen molar-refractivity contribution in [2.45, 2.75) is 13.8 Å². The second kappa shape index (κ2) is 11.9. The Morgan fingerprint density at radius 1 is 1.05 bits per heavy atom. The SMILES string of the molecule is C=C/C(=C\C(=C/C)c1nc(Nc2ccc(N)c(C=N)c2)c2cc(OC(C)=O)c(OC)cc2n1)c1ccccc1. The first-order valence-electron chi connectivity index (χ1n) is 12.2. The molecule has 8 nitrogen and oxygen atoms in total. The molecule has 1 heterocycles. The largest absolute Gasteiger partial charge is 0.493 e. The van der Waals surface area contributed by atoms with Gasteiger partial charge in [-0.15, -0.1) is 0 Å². The highest BCUT2D eigenvalue weighted by molar-refractivity contribution is 5.96. The smallest absolute Gasteiger partial charge is 0.308 e. The van der Waals surface area contributed by atoms with Gasteiger partial charge in [-0.05, 0) is 48.4 Å². The van der Waals surface area contributed by atoms with Crippen LogP contribution in [-0.2, 0) is 4.79 Å². The Bertz CT molecular complexity index is 1620. The van der Waals surface area contributed by atoms with Crippen LogP contribution in [-0.4, -0.2) is 29.3 Å². The number of hydrogen-bond acceptors (Lipinski definition) is 8. The number of rotatable bonds is 9. The standard InChI is InChI=1S/C31H29N5O3/c1-5-20(22-10-8-7-9-11-22)14-21(6-2)30-35-27-17-28(38-4)29(39-19(3)37)16-25(27)31(36-30)34-24-12-13-26(33)23(15-24)18-32/h5-18,32H,1,33H2,2-4H3,(H,34,35,36)/b20-14+,21-6+,32-18?. The van der Waals surface area contributed by atoms with Crippen LogP contribution in [0.15, 0.2) is 85.5 Å². The number of methoxy groups -OCH3 is 1. The van der Waals surface area contributed by atoms with Crippen molar-refractivity contribution < 1.29 is 14.3 Å². The minimum atomic E-state index is -0.479. The molecule has 4 N–H and O–H groups in total. The lowest BCUT2D eigenvalue weighted by Crippen LogP contribution is -2.06. The summed E-state index contributed by atoms with van der Waals surface area (Å²) in [4.78, 5) is 21.4. The van der Waals surface area contributed by atoms with Crippen molar-refractivity contribution in [1.82, 2.24) is 9.97 Å². The molecule has 0 unspecified atom stereocenters. The Morgan fingerprint density at radius 3 is 2.46 bits per heavy atom. The topological polar surface area (TPSA) is 123 Å². The zero-order valence-corrected chi connectivity index (χ0v) is 22.0. The number of benzene rings is 3. The van der Waals surface area contributed by atoms with Gasteiger partial charge in [0.05, 0.1) is 12.6 Å². The van der Waals surface area contributed by atoms with E-state index in [0.717, 1.165) is 16.7 Å². The molecule has 4 aromatic rings. The molecule has 0 fully saturated rings. The summed E-state index contributed by atoms with van der Waals surface area (Å²) in [5.41, 5.74) is 11.0. The molecule has 8 heteroatoms. The summed E-state index contributed by atoms with van der Waals surface area (Å²) in [6, 6.07) is 18.6. The summed E-state index contributed by atoms with van der Waals surface area (Å²) in [5.74, 6) is 1.07. The monoisotopic (exact) mass is 519 g/mol. The summed E-state index contributed by atoms with van der Waals surface area (Å²) < 4.78 is 10.9. The van der Waals surface area contributed by atoms with E-state index in [4.69, 9.17) is 30.6 Å². The van der Waals surface area contributed by atoms with Crippen LogP contribution in [0, 0.1) is 5.41 Å². The van der Waals surface area contributed by atoms with Crippen LogP contribution < -0.4 is 20.5 Å². The number of carbonyl (C=O) groups excluding carboxylic acids is 1. The fourth-order valence-electron chi connectivity index (χ4n) is 4.00. The van der Waals surface area contributed by atoms with Crippen LogP contribution in [0.4, 0.5) is 17.2 Å². The molecule has 39 heavy (non-hydrogen) atoms. The third kappa shape index (κ3) is 6.02. The maximum Gasteiger partial charge on any atom is 0.308 e. The Hall–Kier alpha value is -5.24. The van der Waals surface area contributed by atoms with E-state index in [1.165, 1.54) is 20.2 Å². The molecule has 1 aromatic heterocycles. The number of nitrogens with zero attached hydrogens (tertiary/aromatic N) is 2. The number of ether oxygens (including phenoxy) is 2. The highest BCUT2D eigenvalue weighted by Crippen LogP contribution is 2.36. The Morgan fingerprint density at radius 2 is 1.82 bits per heavy atom. The number of nitrogens with one attached hydrogen (secondary N) is 2. The third-order valence-electron chi connectivity index (χ3n) is 5.95. The highest BCUT2D eigenvalue weighted by Gasteiger charge is 2.17. The second-order valence-electron chi connectivity index (χ2n) is 8.54. The highest BCUT2D eigenvalue weighted by atomic mass is 16.6. The zero-order chi connectivity index (χ0) is 27.9. The normalized spacial score (nSPS) is 11.7. The molecule has 0 saturated carbocycles. The van der Waals surface area contributed by atoms with Crippen LogP contribution in [0.2, 0.25) is 0 Å². The number of nitrogens with two attached hydrogens (primary N) is 1. The molecular weight excluding hydrogens is 490 g/mol. The van der Waals surface area contributed by atoms with Crippen molar-refractivity contribution in [3.8, 4) is 11.5 Å². The van der Waals surface area contributed by atoms with E-state index in [1.807, 2.05) is 49.4 Å². The van der Waals surface area contributed by atoms with E-state index in [2.05, 4.69) is 11.9 Å². The van der Waals surface area contributed by atoms with Crippen molar-refractivity contribution in [1.29, 1.82) is 5.41 Å². The lowest BCUT2D eigenvalue weighted by Gasteiger charge is -2.15. The van der Waals surface area contributed by atoms with Crippen molar-refractivity contribution in [3.63, 3.8) is 0 Å². The van der Waals surface area contributed by atoms with Gasteiger partial charge in [-0.2, -0.15) is 0 Å². The molecule has 0 saturated heterocycles. The van der Waals surface area contributed by atoms with E-state index in [-0.39, 0.29) is 5.75 Å².